The Labute approximate surface area is 305 Å². The zero-order valence-electron chi connectivity index (χ0n) is 26.6. The number of aliphatic carboxylic acids is 2. The second-order valence-electron chi connectivity index (χ2n) is 11.4. The third-order valence-electron chi connectivity index (χ3n) is 7.27. The highest BCUT2D eigenvalue weighted by Crippen LogP contribution is 2.33. The predicted octanol–water partition coefficient (Wildman–Crippen LogP) is 8.11. The molecule has 2 aliphatic carbocycles. The molecule has 0 aromatic heterocycles. The maximum Gasteiger partial charge on any atom is 0.335 e. The number of carbonyl (C=O) groups is 6. The van der Waals surface area contributed by atoms with Crippen LogP contribution in [0.25, 0.3) is 0 Å². The highest BCUT2D eigenvalue weighted by atomic mass is 79.9. The first-order chi connectivity index (χ1) is 23.7. The van der Waals surface area contributed by atoms with Crippen LogP contribution < -0.4 is 0 Å². The van der Waals surface area contributed by atoms with Crippen LogP contribution in [-0.2, 0) is 22.4 Å². The molecule has 10 nitrogen and oxygen atoms in total. The van der Waals surface area contributed by atoms with Gasteiger partial charge in [-0.05, 0) is 85.3 Å². The monoisotopic (exact) mass is 808 g/mol. The quantitative estimate of drug-likeness (QED) is 0.114. The number of ketones is 2. The van der Waals surface area contributed by atoms with E-state index in [1.54, 1.807) is 72.8 Å². The van der Waals surface area contributed by atoms with Crippen molar-refractivity contribution in [3.8, 4) is 0 Å². The van der Waals surface area contributed by atoms with Crippen LogP contribution in [0.4, 0.5) is 0 Å². The number of Topliss-reactive ketones (excluding diaryl/α,β-unsaturated/α-hetero) is 2. The lowest BCUT2D eigenvalue weighted by atomic mass is 10.0. The number of benzene rings is 4. The molecule has 0 heterocycles. The molecular formula is C38H34Br2O10. The molecule has 2 fully saturated rings. The molecule has 0 spiro atoms. The van der Waals surface area contributed by atoms with Crippen molar-refractivity contribution in [2.24, 2.45) is 11.8 Å². The fraction of sp³-hybridized carbons (Fsp3) is 0.211. The molecule has 6 rings (SSSR count). The number of hydrogen-bond acceptors (Lipinski definition) is 6. The van der Waals surface area contributed by atoms with E-state index in [0.717, 1.165) is 45.8 Å². The molecule has 0 atom stereocenters. The van der Waals surface area contributed by atoms with Gasteiger partial charge in [0.05, 0.1) is 24.0 Å². The van der Waals surface area contributed by atoms with Crippen molar-refractivity contribution in [1.82, 2.24) is 0 Å². The number of aromatic carboxylic acids is 2. The standard InChI is InChI=1S/C12H12O3.C11H10O3.C8H7BrO2.C7H5BrO2/c13-11(14)7-8-1-3-9(4-2-8)12(15)10-5-6-10;12-10(7-1-2-7)8-3-5-9(6-4-8)11(13)14;9-7-3-1-6(2-4-7)5-8(10)11;8-6-3-1-5(2-4-6)7(9)10/h1-4,10H,5-7H2,(H,13,14);3-7H,1-2H2,(H,13,14);1-4H,5H2,(H,10,11);1-4H,(H,9,10). The summed E-state index contributed by atoms with van der Waals surface area (Å²) in [7, 11) is 0. The third-order valence-corrected chi connectivity index (χ3v) is 8.32. The molecule has 0 unspecified atom stereocenters. The van der Waals surface area contributed by atoms with E-state index in [1.165, 1.54) is 12.1 Å². The molecule has 0 amide bonds. The van der Waals surface area contributed by atoms with Crippen LogP contribution in [-0.4, -0.2) is 55.9 Å². The van der Waals surface area contributed by atoms with Crippen LogP contribution in [0, 0.1) is 11.8 Å². The Bertz CT molecular complexity index is 1790. The van der Waals surface area contributed by atoms with Crippen molar-refractivity contribution in [3.63, 3.8) is 0 Å². The van der Waals surface area contributed by atoms with E-state index in [0.29, 0.717) is 16.7 Å². The summed E-state index contributed by atoms with van der Waals surface area (Å²) in [5.41, 5.74) is 3.40. The summed E-state index contributed by atoms with van der Waals surface area (Å²) in [5.74, 6) is -2.77. The van der Waals surface area contributed by atoms with Crippen molar-refractivity contribution in [2.75, 3.05) is 0 Å². The number of carboxylic acid groups (broad SMARTS) is 4. The summed E-state index contributed by atoms with van der Waals surface area (Å²) in [6, 6.07) is 26.7. The average molecular weight is 810 g/mol. The fourth-order valence-corrected chi connectivity index (χ4v) is 4.80. The van der Waals surface area contributed by atoms with Crippen LogP contribution in [0.15, 0.2) is 106 Å². The largest absolute Gasteiger partial charge is 0.481 e. The van der Waals surface area contributed by atoms with Crippen molar-refractivity contribution in [1.29, 1.82) is 0 Å². The van der Waals surface area contributed by atoms with Crippen molar-refractivity contribution in [2.45, 2.75) is 38.5 Å². The number of carboxylic acids is 4. The summed E-state index contributed by atoms with van der Waals surface area (Å²) >= 11 is 6.47. The summed E-state index contributed by atoms with van der Waals surface area (Å²) in [6.07, 6.45) is 4.04. The first kappa shape index (κ1) is 39.5. The lowest BCUT2D eigenvalue weighted by Gasteiger charge is -2.00. The molecule has 4 aromatic carbocycles. The summed E-state index contributed by atoms with van der Waals surface area (Å²) in [6.45, 7) is 0. The van der Waals surface area contributed by atoms with Gasteiger partial charge in [0, 0.05) is 31.9 Å². The number of halogens is 2. The molecular weight excluding hydrogens is 776 g/mol. The second kappa shape index (κ2) is 19.3. The van der Waals surface area contributed by atoms with E-state index in [9.17, 15) is 28.8 Å². The van der Waals surface area contributed by atoms with Gasteiger partial charge in [-0.15, -0.1) is 0 Å². The molecule has 0 radical (unpaired) electrons. The molecule has 0 saturated heterocycles. The molecule has 12 heteroatoms. The molecule has 2 aliphatic rings. The van der Waals surface area contributed by atoms with Crippen LogP contribution in [0.1, 0.15) is 78.2 Å². The molecule has 4 N–H and O–H groups in total. The normalized spacial score (nSPS) is 12.7. The SMILES string of the molecule is O=C(O)Cc1ccc(Br)cc1.O=C(O)Cc1ccc(C(=O)C2CC2)cc1.O=C(O)c1ccc(Br)cc1.O=C(O)c1ccc(C(=O)C2CC2)cc1. The Kier molecular flexibility index (Phi) is 15.2. The summed E-state index contributed by atoms with van der Waals surface area (Å²) in [5, 5.41) is 34.1. The average Bonchev–Trinajstić information content (AvgIpc) is 4.01. The first-order valence-corrected chi connectivity index (χ1v) is 17.0. The summed E-state index contributed by atoms with van der Waals surface area (Å²) in [4.78, 5) is 64.7. The minimum Gasteiger partial charge on any atom is -0.481 e. The topological polar surface area (TPSA) is 183 Å². The highest BCUT2D eigenvalue weighted by molar-refractivity contribution is 9.10. The van der Waals surface area contributed by atoms with Gasteiger partial charge < -0.3 is 20.4 Å². The van der Waals surface area contributed by atoms with Gasteiger partial charge in [0.25, 0.3) is 0 Å². The Hall–Kier alpha value is -4.94. The first-order valence-electron chi connectivity index (χ1n) is 15.4. The van der Waals surface area contributed by atoms with Crippen LogP contribution >= 0.6 is 31.9 Å². The van der Waals surface area contributed by atoms with Gasteiger partial charge in [0.15, 0.2) is 11.6 Å². The van der Waals surface area contributed by atoms with E-state index in [1.807, 2.05) is 12.1 Å². The maximum absolute atomic E-state index is 11.6. The van der Waals surface area contributed by atoms with E-state index in [4.69, 9.17) is 20.4 Å². The van der Waals surface area contributed by atoms with Gasteiger partial charge in [-0.1, -0.05) is 80.4 Å². The van der Waals surface area contributed by atoms with Gasteiger partial charge in [-0.25, -0.2) is 9.59 Å². The van der Waals surface area contributed by atoms with Gasteiger partial charge in [-0.2, -0.15) is 0 Å². The van der Waals surface area contributed by atoms with Crippen LogP contribution in [0.3, 0.4) is 0 Å². The van der Waals surface area contributed by atoms with E-state index in [2.05, 4.69) is 31.9 Å². The van der Waals surface area contributed by atoms with E-state index < -0.39 is 23.9 Å². The molecule has 4 aromatic rings. The van der Waals surface area contributed by atoms with Crippen LogP contribution in [0.5, 0.6) is 0 Å². The van der Waals surface area contributed by atoms with Crippen molar-refractivity contribution >= 4 is 67.3 Å². The summed E-state index contributed by atoms with van der Waals surface area (Å²) < 4.78 is 1.85. The molecule has 2 saturated carbocycles. The van der Waals surface area contributed by atoms with Gasteiger partial charge in [0.1, 0.15) is 0 Å². The predicted molar refractivity (Wildman–Crippen MR) is 192 cm³/mol. The minimum absolute atomic E-state index is 0.0118. The van der Waals surface area contributed by atoms with Crippen LogP contribution in [0.2, 0.25) is 0 Å². The molecule has 260 valence electrons. The van der Waals surface area contributed by atoms with E-state index >= 15 is 0 Å². The molecule has 50 heavy (non-hydrogen) atoms. The number of rotatable bonds is 10. The van der Waals surface area contributed by atoms with Crippen molar-refractivity contribution < 1.29 is 49.2 Å². The highest BCUT2D eigenvalue weighted by Gasteiger charge is 2.31. The Balaban J connectivity index is 0.000000183. The fourth-order valence-electron chi connectivity index (χ4n) is 4.27. The lowest BCUT2D eigenvalue weighted by Crippen LogP contribution is -2.03. The van der Waals surface area contributed by atoms with Gasteiger partial charge in [0.2, 0.25) is 0 Å². The number of carbonyl (C=O) groups excluding carboxylic acids is 2. The molecule has 0 bridgehead atoms. The lowest BCUT2D eigenvalue weighted by molar-refractivity contribution is -0.137. The van der Waals surface area contributed by atoms with Gasteiger partial charge >= 0.3 is 23.9 Å². The Morgan fingerprint density at radius 2 is 0.700 bits per heavy atom. The Morgan fingerprint density at radius 1 is 0.440 bits per heavy atom. The molecule has 0 aliphatic heterocycles. The second-order valence-corrected chi connectivity index (χ2v) is 13.3. The maximum atomic E-state index is 11.6. The zero-order valence-corrected chi connectivity index (χ0v) is 29.8. The van der Waals surface area contributed by atoms with Crippen molar-refractivity contribution in [3.05, 3.63) is 139 Å². The van der Waals surface area contributed by atoms with E-state index in [-0.39, 0.29) is 41.8 Å². The minimum atomic E-state index is -0.963. The smallest absolute Gasteiger partial charge is 0.335 e. The zero-order chi connectivity index (χ0) is 36.8. The van der Waals surface area contributed by atoms with Gasteiger partial charge in [-0.3, -0.25) is 19.2 Å². The Morgan fingerprint density at radius 3 is 1.00 bits per heavy atom. The third kappa shape index (κ3) is 14.3. The number of hydrogen-bond donors (Lipinski definition) is 4.